The molecule has 1 aliphatic rings. The number of hydrogen-bond donors (Lipinski definition) is 1. The second-order valence-electron chi connectivity index (χ2n) is 5.05. The summed E-state index contributed by atoms with van der Waals surface area (Å²) in [6, 6.07) is 6.51. The van der Waals surface area contributed by atoms with Crippen LogP contribution in [0.5, 0.6) is 0 Å². The van der Waals surface area contributed by atoms with Crippen molar-refractivity contribution in [3.05, 3.63) is 73.5 Å². The van der Waals surface area contributed by atoms with Gasteiger partial charge in [-0.15, -0.1) is 0 Å². The van der Waals surface area contributed by atoms with Crippen LogP contribution in [0.4, 0.5) is 11.4 Å². The topological polar surface area (TPSA) is 186 Å². The number of benzene rings is 2. The third-order valence-corrected chi connectivity index (χ3v) is 4.56. The fourth-order valence-corrected chi connectivity index (χ4v) is 3.33. The zero-order chi connectivity index (χ0) is 19.1. The van der Waals surface area contributed by atoms with Crippen molar-refractivity contribution >= 4 is 33.1 Å². The van der Waals surface area contributed by atoms with Crippen LogP contribution < -0.4 is 0 Å². The molecule has 0 fully saturated rings. The number of carbonyl (C=O) groups excluding carboxylic acids is 2. The maximum Gasteiger partial charge on any atom is 0.295 e. The van der Waals surface area contributed by atoms with E-state index >= 15 is 0 Å². The minimum absolute atomic E-state index is 0.0193. The van der Waals surface area contributed by atoms with Crippen molar-refractivity contribution in [1.82, 2.24) is 0 Å². The van der Waals surface area contributed by atoms with E-state index < -0.39 is 43.5 Å². The molecule has 0 saturated heterocycles. The second-order valence-corrected chi connectivity index (χ2v) is 6.44. The number of rotatable bonds is 3. The van der Waals surface area contributed by atoms with Crippen molar-refractivity contribution in [2.45, 2.75) is 4.90 Å². The Bertz CT molecular complexity index is 1210. The van der Waals surface area contributed by atoms with E-state index in [1.165, 1.54) is 24.3 Å². The van der Waals surface area contributed by atoms with Crippen molar-refractivity contribution in [2.24, 2.45) is 10.2 Å². The predicted octanol–water partition coefficient (Wildman–Crippen LogP) is 3.59. The number of carbonyl (C=O) groups is 2. The molecule has 0 aromatic heterocycles. The molecule has 3 rings (SSSR count). The van der Waals surface area contributed by atoms with E-state index in [2.05, 4.69) is 20.1 Å². The summed E-state index contributed by atoms with van der Waals surface area (Å²) in [5, 5.41) is 6.37. The van der Waals surface area contributed by atoms with Crippen LogP contribution >= 0.6 is 0 Å². The van der Waals surface area contributed by atoms with Gasteiger partial charge in [0.1, 0.15) is 4.90 Å². The van der Waals surface area contributed by atoms with Crippen LogP contribution in [-0.2, 0) is 10.1 Å². The largest absolute Gasteiger partial charge is 0.295 e. The number of ketones is 2. The molecule has 12 heteroatoms. The normalized spacial score (nSPS) is 12.5. The lowest BCUT2D eigenvalue weighted by molar-refractivity contribution is 0.0979. The first-order valence-electron chi connectivity index (χ1n) is 6.78. The Morgan fingerprint density at radius 2 is 1.42 bits per heavy atom. The zero-order valence-corrected chi connectivity index (χ0v) is 13.4. The van der Waals surface area contributed by atoms with Gasteiger partial charge < -0.3 is 0 Å². The number of hydrogen-bond acceptors (Lipinski definition) is 6. The van der Waals surface area contributed by atoms with Crippen molar-refractivity contribution in [3.8, 4) is 0 Å². The molecule has 2 aromatic carbocycles. The lowest BCUT2D eigenvalue weighted by atomic mass is 9.83. The molecule has 0 amide bonds. The summed E-state index contributed by atoms with van der Waals surface area (Å²) in [4.78, 5) is 29.5. The van der Waals surface area contributed by atoms with Crippen molar-refractivity contribution in [1.29, 1.82) is 0 Å². The van der Waals surface area contributed by atoms with E-state index in [1.54, 1.807) is 0 Å². The van der Waals surface area contributed by atoms with Crippen LogP contribution in [0.25, 0.3) is 20.9 Å². The highest BCUT2D eigenvalue weighted by atomic mass is 32.2. The first-order valence-corrected chi connectivity index (χ1v) is 8.22. The van der Waals surface area contributed by atoms with Crippen LogP contribution in [0.3, 0.4) is 0 Å². The molecular formula is C14H6N6O5S. The van der Waals surface area contributed by atoms with Crippen LogP contribution in [0.15, 0.2) is 45.5 Å². The van der Waals surface area contributed by atoms with Gasteiger partial charge in [0.05, 0.1) is 11.4 Å². The number of azide groups is 2. The van der Waals surface area contributed by atoms with Gasteiger partial charge in [-0.2, -0.15) is 8.42 Å². The first-order chi connectivity index (χ1) is 12.3. The molecule has 0 bridgehead atoms. The molecule has 26 heavy (non-hydrogen) atoms. The van der Waals surface area contributed by atoms with Gasteiger partial charge in [0.2, 0.25) is 0 Å². The molecule has 11 nitrogen and oxygen atoms in total. The van der Waals surface area contributed by atoms with Crippen LogP contribution in [0.1, 0.15) is 31.8 Å². The molecule has 0 atom stereocenters. The maximum atomic E-state index is 12.8. The van der Waals surface area contributed by atoms with E-state index in [4.69, 9.17) is 11.1 Å². The third-order valence-electron chi connectivity index (χ3n) is 3.69. The second kappa shape index (κ2) is 5.99. The zero-order valence-electron chi connectivity index (χ0n) is 12.6. The number of fused-ring (bicyclic) bond motifs is 2. The molecule has 0 saturated carbocycles. The smallest absolute Gasteiger partial charge is 0.289 e. The fraction of sp³-hybridized carbons (Fsp3) is 0. The van der Waals surface area contributed by atoms with Crippen molar-refractivity contribution in [2.75, 3.05) is 0 Å². The monoisotopic (exact) mass is 370 g/mol. The Morgan fingerprint density at radius 1 is 0.885 bits per heavy atom. The molecule has 1 N–H and O–H groups in total. The van der Waals surface area contributed by atoms with Crippen LogP contribution in [0.2, 0.25) is 0 Å². The Kier molecular flexibility index (Phi) is 3.95. The highest BCUT2D eigenvalue weighted by Gasteiger charge is 2.35. The van der Waals surface area contributed by atoms with Gasteiger partial charge in [-0.05, 0) is 17.1 Å². The molecule has 1 aliphatic carbocycles. The van der Waals surface area contributed by atoms with E-state index in [0.29, 0.717) is 0 Å². The fourth-order valence-electron chi connectivity index (χ4n) is 2.68. The van der Waals surface area contributed by atoms with Gasteiger partial charge in [0, 0.05) is 32.1 Å². The molecule has 0 spiro atoms. The van der Waals surface area contributed by atoms with Gasteiger partial charge in [-0.25, -0.2) is 0 Å². The standard InChI is InChI=1S/C14H6N6O5S/c15-19-17-11-9(26(23,24)25)5-8-10(12(11)18-20-16)14(22)7-4-2-1-3-6(7)13(8)21/h1-5H,(H,23,24,25). The molecule has 128 valence electrons. The van der Waals surface area contributed by atoms with Gasteiger partial charge in [-0.1, -0.05) is 34.5 Å². The first kappa shape index (κ1) is 17.1. The Balaban J connectivity index is 2.55. The summed E-state index contributed by atoms with van der Waals surface area (Å²) in [6.07, 6.45) is 0. The quantitative estimate of drug-likeness (QED) is 0.318. The highest BCUT2D eigenvalue weighted by Crippen LogP contribution is 2.44. The maximum absolute atomic E-state index is 12.8. The van der Waals surface area contributed by atoms with E-state index in [1.807, 2.05) is 0 Å². The van der Waals surface area contributed by atoms with Crippen LogP contribution in [0, 0.1) is 0 Å². The lowest BCUT2D eigenvalue weighted by Crippen LogP contribution is -2.21. The van der Waals surface area contributed by atoms with Gasteiger partial charge >= 0.3 is 0 Å². The number of nitrogens with zero attached hydrogens (tertiary/aromatic N) is 6. The average molecular weight is 370 g/mol. The molecule has 0 radical (unpaired) electrons. The SMILES string of the molecule is [N-]=[N+]=Nc1c(S(=O)(=O)O)cc2c(c1N=[N+]=[N-])C(=O)c1ccccc1C2=O. The Morgan fingerprint density at radius 3 is 1.96 bits per heavy atom. The van der Waals surface area contributed by atoms with E-state index in [9.17, 15) is 22.6 Å². The summed E-state index contributed by atoms with van der Waals surface area (Å²) < 4.78 is 32.7. The third kappa shape index (κ3) is 2.48. The highest BCUT2D eigenvalue weighted by molar-refractivity contribution is 7.86. The minimum Gasteiger partial charge on any atom is -0.289 e. The van der Waals surface area contributed by atoms with Crippen molar-refractivity contribution in [3.63, 3.8) is 0 Å². The van der Waals surface area contributed by atoms with E-state index in [0.717, 1.165) is 6.07 Å². The summed E-state index contributed by atoms with van der Waals surface area (Å²) in [6.45, 7) is 0. The predicted molar refractivity (Wildman–Crippen MR) is 87.2 cm³/mol. The molecular weight excluding hydrogens is 364 g/mol. The molecule has 0 unspecified atom stereocenters. The molecule has 0 heterocycles. The summed E-state index contributed by atoms with van der Waals surface area (Å²) in [7, 11) is -4.96. The lowest BCUT2D eigenvalue weighted by Gasteiger charge is -2.21. The molecule has 2 aromatic rings. The average Bonchev–Trinajstić information content (AvgIpc) is 2.60. The minimum atomic E-state index is -4.96. The van der Waals surface area contributed by atoms with Gasteiger partial charge in [-0.3, -0.25) is 14.1 Å². The van der Waals surface area contributed by atoms with E-state index in [-0.39, 0.29) is 16.7 Å². The van der Waals surface area contributed by atoms with Gasteiger partial charge in [0.25, 0.3) is 10.1 Å². The Labute approximate surface area is 144 Å². The van der Waals surface area contributed by atoms with Gasteiger partial charge in [0.15, 0.2) is 11.6 Å². The van der Waals surface area contributed by atoms with Crippen molar-refractivity contribution < 1.29 is 22.6 Å². The summed E-state index contributed by atoms with van der Waals surface area (Å²) >= 11 is 0. The molecule has 0 aliphatic heterocycles. The summed E-state index contributed by atoms with van der Waals surface area (Å²) in [5.41, 5.74) is 15.3. The van der Waals surface area contributed by atoms with Crippen LogP contribution in [-0.4, -0.2) is 24.5 Å². The summed E-state index contributed by atoms with van der Waals surface area (Å²) in [5.74, 6) is -1.42. The Hall–Kier alpha value is -3.69.